The zero-order valence-corrected chi connectivity index (χ0v) is 9.27. The van der Waals surface area contributed by atoms with Gasteiger partial charge in [-0.2, -0.15) is 0 Å². The van der Waals surface area contributed by atoms with Gasteiger partial charge >= 0.3 is 0 Å². The van der Waals surface area contributed by atoms with Crippen LogP contribution >= 0.6 is 0 Å². The molecule has 1 rings (SSSR count). The van der Waals surface area contributed by atoms with Crippen molar-refractivity contribution in [2.75, 3.05) is 20.3 Å². The Labute approximate surface area is 90.6 Å². The van der Waals surface area contributed by atoms with Crippen LogP contribution in [0.5, 0.6) is 5.75 Å². The van der Waals surface area contributed by atoms with Crippen LogP contribution in [0.1, 0.15) is 25.0 Å². The summed E-state index contributed by atoms with van der Waals surface area (Å²) in [7, 11) is 1.63. The van der Waals surface area contributed by atoms with Crippen molar-refractivity contribution in [2.45, 2.75) is 19.4 Å². The van der Waals surface area contributed by atoms with Gasteiger partial charge < -0.3 is 14.6 Å². The van der Waals surface area contributed by atoms with E-state index in [9.17, 15) is 5.11 Å². The maximum absolute atomic E-state index is 9.75. The lowest BCUT2D eigenvalue weighted by Gasteiger charge is -2.11. The number of hydrogen-bond acceptors (Lipinski definition) is 3. The second-order valence-corrected chi connectivity index (χ2v) is 3.30. The Balaban J connectivity index is 2.54. The Morgan fingerprint density at radius 1 is 1.27 bits per heavy atom. The van der Waals surface area contributed by atoms with E-state index in [1.807, 2.05) is 31.2 Å². The molecule has 1 N–H and O–H groups in total. The molecular formula is C12H18O3. The van der Waals surface area contributed by atoms with Crippen LogP contribution in [0.2, 0.25) is 0 Å². The van der Waals surface area contributed by atoms with Crippen LogP contribution in [-0.4, -0.2) is 25.4 Å². The molecule has 3 heteroatoms. The highest BCUT2D eigenvalue weighted by Crippen LogP contribution is 2.19. The van der Waals surface area contributed by atoms with Crippen LogP contribution in [0.15, 0.2) is 24.3 Å². The van der Waals surface area contributed by atoms with E-state index in [2.05, 4.69) is 0 Å². The summed E-state index contributed by atoms with van der Waals surface area (Å²) in [5.74, 6) is 0.834. The standard InChI is InChI=1S/C12H18O3/c1-3-15-11-6-4-10(5-7-11)12(13)8-9-14-2/h4-7,12-13H,3,8-9H2,1-2H3. The molecule has 0 amide bonds. The van der Waals surface area contributed by atoms with Gasteiger partial charge in [0.25, 0.3) is 0 Å². The van der Waals surface area contributed by atoms with E-state index >= 15 is 0 Å². The molecule has 1 atom stereocenters. The first-order valence-electron chi connectivity index (χ1n) is 5.17. The maximum Gasteiger partial charge on any atom is 0.119 e. The number of benzene rings is 1. The molecule has 1 unspecified atom stereocenters. The van der Waals surface area contributed by atoms with Crippen LogP contribution in [0.3, 0.4) is 0 Å². The molecule has 0 aromatic heterocycles. The van der Waals surface area contributed by atoms with Gasteiger partial charge in [-0.05, 0) is 24.6 Å². The van der Waals surface area contributed by atoms with Crippen LogP contribution < -0.4 is 4.74 Å². The zero-order valence-electron chi connectivity index (χ0n) is 9.27. The molecule has 0 aliphatic rings. The van der Waals surface area contributed by atoms with Gasteiger partial charge in [-0.3, -0.25) is 0 Å². The number of aliphatic hydroxyl groups excluding tert-OH is 1. The predicted molar refractivity (Wildman–Crippen MR) is 59.1 cm³/mol. The van der Waals surface area contributed by atoms with Crippen molar-refractivity contribution in [3.63, 3.8) is 0 Å². The van der Waals surface area contributed by atoms with E-state index in [0.717, 1.165) is 11.3 Å². The van der Waals surface area contributed by atoms with Gasteiger partial charge in [0.2, 0.25) is 0 Å². The third-order valence-electron chi connectivity index (χ3n) is 2.17. The first kappa shape index (κ1) is 12.0. The molecule has 3 nitrogen and oxygen atoms in total. The molecular weight excluding hydrogens is 192 g/mol. The fraction of sp³-hybridized carbons (Fsp3) is 0.500. The van der Waals surface area contributed by atoms with E-state index < -0.39 is 6.10 Å². The van der Waals surface area contributed by atoms with Crippen molar-refractivity contribution in [3.8, 4) is 5.75 Å². The third-order valence-corrected chi connectivity index (χ3v) is 2.17. The summed E-state index contributed by atoms with van der Waals surface area (Å²) < 4.78 is 10.2. The third kappa shape index (κ3) is 3.90. The molecule has 0 spiro atoms. The molecule has 0 fully saturated rings. The van der Waals surface area contributed by atoms with Crippen molar-refractivity contribution in [3.05, 3.63) is 29.8 Å². The van der Waals surface area contributed by atoms with Crippen LogP contribution in [0, 0.1) is 0 Å². The van der Waals surface area contributed by atoms with Gasteiger partial charge in [0.15, 0.2) is 0 Å². The van der Waals surface area contributed by atoms with Gasteiger partial charge in [-0.1, -0.05) is 12.1 Å². The molecule has 1 aromatic carbocycles. The smallest absolute Gasteiger partial charge is 0.119 e. The summed E-state index contributed by atoms with van der Waals surface area (Å²) in [6.45, 7) is 3.17. The second kappa shape index (κ2) is 6.43. The summed E-state index contributed by atoms with van der Waals surface area (Å²) in [5, 5.41) is 9.75. The van der Waals surface area contributed by atoms with Gasteiger partial charge in [-0.25, -0.2) is 0 Å². The van der Waals surface area contributed by atoms with Crippen molar-refractivity contribution in [2.24, 2.45) is 0 Å². The Bertz CT molecular complexity index is 269. The first-order chi connectivity index (χ1) is 7.27. The van der Waals surface area contributed by atoms with Crippen molar-refractivity contribution in [1.82, 2.24) is 0 Å². The average Bonchev–Trinajstić information content (AvgIpc) is 2.27. The minimum absolute atomic E-state index is 0.458. The quantitative estimate of drug-likeness (QED) is 0.782. The Morgan fingerprint density at radius 2 is 1.93 bits per heavy atom. The molecule has 0 radical (unpaired) electrons. The fourth-order valence-corrected chi connectivity index (χ4v) is 1.35. The Hall–Kier alpha value is -1.06. The van der Waals surface area contributed by atoms with Crippen LogP contribution in [0.4, 0.5) is 0 Å². The van der Waals surface area contributed by atoms with E-state index in [4.69, 9.17) is 9.47 Å². The second-order valence-electron chi connectivity index (χ2n) is 3.30. The summed E-state index contributed by atoms with van der Waals surface area (Å²) >= 11 is 0. The first-order valence-corrected chi connectivity index (χ1v) is 5.17. The fourth-order valence-electron chi connectivity index (χ4n) is 1.35. The van der Waals surface area contributed by atoms with Crippen molar-refractivity contribution >= 4 is 0 Å². The van der Waals surface area contributed by atoms with Crippen LogP contribution in [-0.2, 0) is 4.74 Å². The minimum atomic E-state index is -0.458. The topological polar surface area (TPSA) is 38.7 Å². The Morgan fingerprint density at radius 3 is 2.47 bits per heavy atom. The van der Waals surface area contributed by atoms with E-state index in [0.29, 0.717) is 19.6 Å². The molecule has 0 heterocycles. The molecule has 84 valence electrons. The molecule has 15 heavy (non-hydrogen) atoms. The molecule has 1 aromatic rings. The monoisotopic (exact) mass is 210 g/mol. The Kier molecular flexibility index (Phi) is 5.15. The number of aliphatic hydroxyl groups is 1. The number of hydrogen-bond donors (Lipinski definition) is 1. The average molecular weight is 210 g/mol. The number of ether oxygens (including phenoxy) is 2. The lowest BCUT2D eigenvalue weighted by Crippen LogP contribution is -2.01. The normalized spacial score (nSPS) is 12.5. The van der Waals surface area contributed by atoms with E-state index in [-0.39, 0.29) is 0 Å². The van der Waals surface area contributed by atoms with Crippen molar-refractivity contribution in [1.29, 1.82) is 0 Å². The lowest BCUT2D eigenvalue weighted by molar-refractivity contribution is 0.110. The van der Waals surface area contributed by atoms with Gasteiger partial charge in [0, 0.05) is 20.1 Å². The van der Waals surface area contributed by atoms with E-state index in [1.54, 1.807) is 7.11 Å². The van der Waals surface area contributed by atoms with Gasteiger partial charge in [-0.15, -0.1) is 0 Å². The SMILES string of the molecule is CCOc1ccc(C(O)CCOC)cc1. The summed E-state index contributed by atoms with van der Waals surface area (Å²) in [6, 6.07) is 7.50. The highest BCUT2D eigenvalue weighted by atomic mass is 16.5. The molecule has 0 aliphatic carbocycles. The minimum Gasteiger partial charge on any atom is -0.494 e. The summed E-state index contributed by atoms with van der Waals surface area (Å²) in [4.78, 5) is 0. The summed E-state index contributed by atoms with van der Waals surface area (Å²) in [5.41, 5.74) is 0.899. The highest BCUT2D eigenvalue weighted by molar-refractivity contribution is 5.28. The summed E-state index contributed by atoms with van der Waals surface area (Å²) in [6.07, 6.45) is 0.158. The highest BCUT2D eigenvalue weighted by Gasteiger charge is 2.06. The number of rotatable bonds is 6. The van der Waals surface area contributed by atoms with Gasteiger partial charge in [0.05, 0.1) is 12.7 Å². The van der Waals surface area contributed by atoms with Crippen molar-refractivity contribution < 1.29 is 14.6 Å². The molecule has 0 saturated carbocycles. The molecule has 0 bridgehead atoms. The molecule has 0 saturated heterocycles. The largest absolute Gasteiger partial charge is 0.494 e. The van der Waals surface area contributed by atoms with E-state index in [1.165, 1.54) is 0 Å². The van der Waals surface area contributed by atoms with Crippen LogP contribution in [0.25, 0.3) is 0 Å². The predicted octanol–water partition coefficient (Wildman–Crippen LogP) is 2.16. The lowest BCUT2D eigenvalue weighted by atomic mass is 10.1. The zero-order chi connectivity index (χ0) is 11.1. The molecule has 0 aliphatic heterocycles. The number of methoxy groups -OCH3 is 1. The van der Waals surface area contributed by atoms with Gasteiger partial charge in [0.1, 0.15) is 5.75 Å². The maximum atomic E-state index is 9.75.